The summed E-state index contributed by atoms with van der Waals surface area (Å²) in [5, 5.41) is 3.51. The Kier molecular flexibility index (Phi) is 2.99. The van der Waals surface area contributed by atoms with Crippen molar-refractivity contribution in [1.29, 1.82) is 0 Å². The fraction of sp³-hybridized carbons (Fsp3) is 1.00. The van der Waals surface area contributed by atoms with Crippen molar-refractivity contribution >= 4 is 0 Å². The van der Waals surface area contributed by atoms with Gasteiger partial charge in [-0.25, -0.2) is 0 Å². The van der Waals surface area contributed by atoms with Crippen LogP contribution in [0.1, 0.15) is 57.8 Å². The highest BCUT2D eigenvalue weighted by atomic mass is 14.8. The summed E-state index contributed by atoms with van der Waals surface area (Å²) in [6, 6.07) is 0. The lowest BCUT2D eigenvalue weighted by Crippen LogP contribution is -2.38. The molecule has 3 fully saturated rings. The summed E-state index contributed by atoms with van der Waals surface area (Å²) >= 11 is 0. The Balaban J connectivity index is 1.71. The van der Waals surface area contributed by atoms with E-state index in [0.717, 1.165) is 17.8 Å². The lowest BCUT2D eigenvalue weighted by atomic mass is 9.68. The first-order valence-corrected chi connectivity index (χ1v) is 7.49. The van der Waals surface area contributed by atoms with E-state index in [4.69, 9.17) is 0 Å². The molecule has 0 aromatic heterocycles. The zero-order valence-corrected chi connectivity index (χ0v) is 10.8. The highest BCUT2D eigenvalue weighted by molar-refractivity contribution is 5.06. The maximum absolute atomic E-state index is 3.51. The van der Waals surface area contributed by atoms with Crippen molar-refractivity contribution in [3.8, 4) is 0 Å². The van der Waals surface area contributed by atoms with Gasteiger partial charge in [0, 0.05) is 6.54 Å². The van der Waals surface area contributed by atoms with Gasteiger partial charge in [-0.05, 0) is 62.3 Å². The van der Waals surface area contributed by atoms with E-state index in [1.807, 2.05) is 0 Å². The molecule has 0 aliphatic heterocycles. The standard InChI is InChI=1S/C15H27N/c1-16-11-15(9-12-8-13(12)10-15)14-6-4-2-3-5-7-14/h12-14,16H,2-11H2,1H3. The van der Waals surface area contributed by atoms with Gasteiger partial charge < -0.3 is 5.32 Å². The molecule has 3 saturated carbocycles. The normalized spacial score (nSPS) is 44.1. The third-order valence-corrected chi connectivity index (χ3v) is 5.66. The first kappa shape index (κ1) is 11.1. The van der Waals surface area contributed by atoms with Gasteiger partial charge in [-0.1, -0.05) is 25.7 Å². The molecule has 92 valence electrons. The van der Waals surface area contributed by atoms with E-state index < -0.39 is 0 Å². The summed E-state index contributed by atoms with van der Waals surface area (Å²) in [5.74, 6) is 3.32. The van der Waals surface area contributed by atoms with Crippen molar-refractivity contribution in [2.24, 2.45) is 23.2 Å². The average molecular weight is 221 g/mol. The van der Waals surface area contributed by atoms with Gasteiger partial charge in [0.05, 0.1) is 0 Å². The number of nitrogens with one attached hydrogen (secondary N) is 1. The van der Waals surface area contributed by atoms with Gasteiger partial charge in [0.1, 0.15) is 0 Å². The molecule has 0 aromatic carbocycles. The van der Waals surface area contributed by atoms with Crippen LogP contribution in [0.3, 0.4) is 0 Å². The molecule has 0 spiro atoms. The first-order chi connectivity index (χ1) is 7.84. The average Bonchev–Trinajstić information content (AvgIpc) is 2.98. The molecule has 2 atom stereocenters. The molecular formula is C15H27N. The molecule has 16 heavy (non-hydrogen) atoms. The Bertz CT molecular complexity index is 230. The lowest BCUT2D eigenvalue weighted by molar-refractivity contribution is 0.128. The molecule has 0 bridgehead atoms. The van der Waals surface area contributed by atoms with E-state index in [9.17, 15) is 0 Å². The fourth-order valence-electron chi connectivity index (χ4n) is 4.80. The van der Waals surface area contributed by atoms with Gasteiger partial charge in [0.2, 0.25) is 0 Å². The van der Waals surface area contributed by atoms with E-state index >= 15 is 0 Å². The Morgan fingerprint density at radius 1 is 1.00 bits per heavy atom. The van der Waals surface area contributed by atoms with Gasteiger partial charge in [-0.2, -0.15) is 0 Å². The van der Waals surface area contributed by atoms with Crippen molar-refractivity contribution in [3.05, 3.63) is 0 Å². The molecule has 1 heteroatoms. The molecular weight excluding hydrogens is 194 g/mol. The van der Waals surface area contributed by atoms with Crippen LogP contribution in [0.25, 0.3) is 0 Å². The topological polar surface area (TPSA) is 12.0 Å². The predicted molar refractivity (Wildman–Crippen MR) is 68.4 cm³/mol. The van der Waals surface area contributed by atoms with Crippen LogP contribution in [0.15, 0.2) is 0 Å². The third-order valence-electron chi connectivity index (χ3n) is 5.66. The summed E-state index contributed by atoms with van der Waals surface area (Å²) in [5.41, 5.74) is 0.715. The smallest absolute Gasteiger partial charge is 0.000767 e. The number of fused-ring (bicyclic) bond motifs is 1. The lowest BCUT2D eigenvalue weighted by Gasteiger charge is -2.39. The minimum atomic E-state index is 0.715. The van der Waals surface area contributed by atoms with Crippen LogP contribution in [-0.2, 0) is 0 Å². The fourth-order valence-corrected chi connectivity index (χ4v) is 4.80. The molecule has 0 heterocycles. The Morgan fingerprint density at radius 3 is 2.19 bits per heavy atom. The molecule has 3 aliphatic carbocycles. The number of hydrogen-bond acceptors (Lipinski definition) is 1. The highest BCUT2D eigenvalue weighted by Crippen LogP contribution is 2.63. The van der Waals surface area contributed by atoms with E-state index in [1.165, 1.54) is 45.1 Å². The Morgan fingerprint density at radius 2 is 1.62 bits per heavy atom. The SMILES string of the molecule is CNCC1(C2CCCCCC2)CC2CC2C1. The number of hydrogen-bond donors (Lipinski definition) is 1. The monoisotopic (exact) mass is 221 g/mol. The van der Waals surface area contributed by atoms with Crippen LogP contribution in [0.4, 0.5) is 0 Å². The molecule has 0 aromatic rings. The highest BCUT2D eigenvalue weighted by Gasteiger charge is 2.55. The van der Waals surface area contributed by atoms with E-state index in [0.29, 0.717) is 5.41 Å². The third kappa shape index (κ3) is 1.92. The second-order valence-corrected chi connectivity index (χ2v) is 6.75. The van der Waals surface area contributed by atoms with Gasteiger partial charge >= 0.3 is 0 Å². The quantitative estimate of drug-likeness (QED) is 0.718. The Hall–Kier alpha value is -0.0400. The molecule has 1 nitrogen and oxygen atoms in total. The van der Waals surface area contributed by atoms with Crippen LogP contribution in [-0.4, -0.2) is 13.6 Å². The molecule has 1 N–H and O–H groups in total. The second kappa shape index (κ2) is 4.33. The molecule has 3 rings (SSSR count). The van der Waals surface area contributed by atoms with Gasteiger partial charge in [0.25, 0.3) is 0 Å². The van der Waals surface area contributed by atoms with Crippen molar-refractivity contribution in [2.45, 2.75) is 57.8 Å². The number of rotatable bonds is 3. The molecule has 0 amide bonds. The van der Waals surface area contributed by atoms with Gasteiger partial charge in [-0.15, -0.1) is 0 Å². The molecule has 2 unspecified atom stereocenters. The summed E-state index contributed by atoms with van der Waals surface area (Å²) in [6.07, 6.45) is 13.8. The maximum Gasteiger partial charge on any atom is 0.000767 e. The van der Waals surface area contributed by atoms with Crippen LogP contribution in [0.5, 0.6) is 0 Å². The zero-order chi connectivity index (χ0) is 11.0. The zero-order valence-electron chi connectivity index (χ0n) is 10.8. The van der Waals surface area contributed by atoms with E-state index in [2.05, 4.69) is 12.4 Å². The van der Waals surface area contributed by atoms with Crippen molar-refractivity contribution in [2.75, 3.05) is 13.6 Å². The second-order valence-electron chi connectivity index (χ2n) is 6.75. The minimum Gasteiger partial charge on any atom is -0.319 e. The van der Waals surface area contributed by atoms with Crippen molar-refractivity contribution < 1.29 is 0 Å². The molecule has 3 aliphatic rings. The van der Waals surface area contributed by atoms with Crippen molar-refractivity contribution in [3.63, 3.8) is 0 Å². The van der Waals surface area contributed by atoms with Gasteiger partial charge in [-0.3, -0.25) is 0 Å². The first-order valence-electron chi connectivity index (χ1n) is 7.49. The van der Waals surface area contributed by atoms with Crippen molar-refractivity contribution in [1.82, 2.24) is 5.32 Å². The van der Waals surface area contributed by atoms with E-state index in [-0.39, 0.29) is 0 Å². The van der Waals surface area contributed by atoms with Crippen LogP contribution < -0.4 is 5.32 Å². The summed E-state index contributed by atoms with van der Waals surface area (Å²) < 4.78 is 0. The predicted octanol–water partition coefficient (Wildman–Crippen LogP) is 3.59. The molecule has 0 saturated heterocycles. The largest absolute Gasteiger partial charge is 0.319 e. The summed E-state index contributed by atoms with van der Waals surface area (Å²) in [7, 11) is 2.16. The minimum absolute atomic E-state index is 0.715. The summed E-state index contributed by atoms with van der Waals surface area (Å²) in [6.45, 7) is 1.30. The molecule has 0 radical (unpaired) electrons. The van der Waals surface area contributed by atoms with Crippen LogP contribution in [0, 0.1) is 23.2 Å². The maximum atomic E-state index is 3.51. The van der Waals surface area contributed by atoms with Gasteiger partial charge in [0.15, 0.2) is 0 Å². The van der Waals surface area contributed by atoms with Crippen LogP contribution >= 0.6 is 0 Å². The Labute approximate surface area is 100 Å². The summed E-state index contributed by atoms with van der Waals surface area (Å²) in [4.78, 5) is 0. The van der Waals surface area contributed by atoms with Crippen LogP contribution in [0.2, 0.25) is 0 Å². The van der Waals surface area contributed by atoms with E-state index in [1.54, 1.807) is 19.3 Å².